The molecule has 1 amide bonds. The van der Waals surface area contributed by atoms with Crippen LogP contribution in [0.5, 0.6) is 5.75 Å². The number of amides is 1. The van der Waals surface area contributed by atoms with E-state index in [0.29, 0.717) is 46.6 Å². The second-order valence-corrected chi connectivity index (χ2v) is 11.3. The molecule has 11 nitrogen and oxygen atoms in total. The molecule has 2 aromatic carbocycles. The summed E-state index contributed by atoms with van der Waals surface area (Å²) in [6, 6.07) is 14.9. The van der Waals surface area contributed by atoms with Crippen molar-refractivity contribution in [1.82, 2.24) is 19.9 Å². The number of carbonyl (C=O) groups is 1. The fourth-order valence-corrected chi connectivity index (χ4v) is 5.69. The number of benzene rings is 2. The number of hydrogen-bond acceptors (Lipinski definition) is 10. The topological polar surface area (TPSA) is 108 Å². The molecule has 12 heteroatoms. The summed E-state index contributed by atoms with van der Waals surface area (Å²) in [4.78, 5) is 36.1. The van der Waals surface area contributed by atoms with Crippen molar-refractivity contribution in [3.8, 4) is 16.9 Å². The molecule has 238 valence electrons. The summed E-state index contributed by atoms with van der Waals surface area (Å²) in [7, 11) is 3.71. The van der Waals surface area contributed by atoms with Gasteiger partial charge in [0.2, 0.25) is 5.91 Å². The van der Waals surface area contributed by atoms with Crippen LogP contribution in [0.25, 0.3) is 11.1 Å². The predicted molar refractivity (Wildman–Crippen MR) is 177 cm³/mol. The maximum Gasteiger partial charge on any atom is 0.247 e. The van der Waals surface area contributed by atoms with Gasteiger partial charge in [-0.15, -0.1) is 0 Å². The van der Waals surface area contributed by atoms with Gasteiger partial charge in [-0.2, -0.15) is 0 Å². The van der Waals surface area contributed by atoms with E-state index in [1.165, 1.54) is 18.5 Å². The second kappa shape index (κ2) is 13.5. The van der Waals surface area contributed by atoms with Gasteiger partial charge in [0.05, 0.1) is 42.5 Å². The number of rotatable bonds is 9. The van der Waals surface area contributed by atoms with Gasteiger partial charge in [0.25, 0.3) is 0 Å². The van der Waals surface area contributed by atoms with Crippen LogP contribution in [0, 0.1) is 12.7 Å². The van der Waals surface area contributed by atoms with Crippen molar-refractivity contribution < 1.29 is 18.8 Å². The summed E-state index contributed by atoms with van der Waals surface area (Å²) >= 11 is 0. The Morgan fingerprint density at radius 2 is 1.89 bits per heavy atom. The molecule has 6 rings (SSSR count). The monoisotopic (exact) mass is 624 g/mol. The maximum atomic E-state index is 14.3. The summed E-state index contributed by atoms with van der Waals surface area (Å²) in [5, 5.41) is 8.08. The number of nitrogens with one attached hydrogen (secondary N) is 2. The number of ether oxygens (including phenoxy) is 1. The number of anilines is 5. The number of aryl methyl sites for hydroxylation is 1. The molecule has 2 aliphatic heterocycles. The zero-order valence-electron chi connectivity index (χ0n) is 26.2. The fourth-order valence-electron chi connectivity index (χ4n) is 5.69. The molecular formula is C34H37FN8O3. The summed E-state index contributed by atoms with van der Waals surface area (Å²) < 4.78 is 20.0. The summed E-state index contributed by atoms with van der Waals surface area (Å²) in [6.07, 6.45) is 5.15. The highest BCUT2D eigenvalue weighted by Crippen LogP contribution is 2.40. The molecule has 46 heavy (non-hydrogen) atoms. The Labute approximate surface area is 267 Å². The van der Waals surface area contributed by atoms with Crippen LogP contribution in [-0.4, -0.2) is 72.7 Å². The number of hydroxylamine groups is 1. The van der Waals surface area contributed by atoms with Crippen molar-refractivity contribution in [2.24, 2.45) is 0 Å². The number of nitrogens with zero attached hydrogens (tertiary/aromatic N) is 6. The van der Waals surface area contributed by atoms with Crippen molar-refractivity contribution in [1.29, 1.82) is 0 Å². The molecule has 2 aromatic heterocycles. The van der Waals surface area contributed by atoms with Gasteiger partial charge in [-0.05, 0) is 49.4 Å². The highest BCUT2D eigenvalue weighted by Gasteiger charge is 2.30. The highest BCUT2D eigenvalue weighted by atomic mass is 19.1. The summed E-state index contributed by atoms with van der Waals surface area (Å²) in [5.41, 5.74) is 5.08. The highest BCUT2D eigenvalue weighted by molar-refractivity contribution is 6.02. The third-order valence-corrected chi connectivity index (χ3v) is 8.28. The van der Waals surface area contributed by atoms with Gasteiger partial charge >= 0.3 is 0 Å². The molecule has 1 atom stereocenters. The quantitative estimate of drug-likeness (QED) is 0.232. The number of carbonyl (C=O) groups excluding carboxylic acids is 1. The molecular weight excluding hydrogens is 587 g/mol. The lowest BCUT2D eigenvalue weighted by Gasteiger charge is -2.35. The SMILES string of the molecule is C=CC(=O)Nc1cc(Nc2cc(N3OCC[C@@H]3c3cccc(-c4cnc(C)c(F)c4)c3)ncn2)c(OC)cc1N1CCN(C)CC1. The van der Waals surface area contributed by atoms with Gasteiger partial charge in [-0.3, -0.25) is 14.6 Å². The Morgan fingerprint density at radius 1 is 1.07 bits per heavy atom. The number of hydrogen-bond donors (Lipinski definition) is 2. The summed E-state index contributed by atoms with van der Waals surface area (Å²) in [5.74, 6) is 1.04. The molecule has 4 aromatic rings. The number of methoxy groups -OCH3 is 1. The van der Waals surface area contributed by atoms with Gasteiger partial charge in [-0.1, -0.05) is 24.8 Å². The second-order valence-electron chi connectivity index (χ2n) is 11.3. The van der Waals surface area contributed by atoms with Gasteiger partial charge in [0, 0.05) is 56.5 Å². The molecule has 0 bridgehead atoms. The Balaban J connectivity index is 1.27. The first-order valence-electron chi connectivity index (χ1n) is 15.2. The lowest BCUT2D eigenvalue weighted by atomic mass is 9.99. The van der Waals surface area contributed by atoms with E-state index in [-0.39, 0.29) is 17.8 Å². The van der Waals surface area contributed by atoms with Gasteiger partial charge < -0.3 is 25.2 Å². The lowest BCUT2D eigenvalue weighted by Crippen LogP contribution is -2.44. The van der Waals surface area contributed by atoms with E-state index in [0.717, 1.165) is 49.4 Å². The average Bonchev–Trinajstić information content (AvgIpc) is 3.57. The molecule has 0 radical (unpaired) electrons. The fraction of sp³-hybridized carbons (Fsp3) is 0.294. The minimum Gasteiger partial charge on any atom is -0.494 e. The minimum absolute atomic E-state index is 0.121. The number of aromatic nitrogens is 3. The zero-order chi connectivity index (χ0) is 32.2. The van der Waals surface area contributed by atoms with E-state index in [9.17, 15) is 9.18 Å². The van der Waals surface area contributed by atoms with Crippen LogP contribution in [0.3, 0.4) is 0 Å². The minimum atomic E-state index is -0.337. The number of piperazine rings is 1. The van der Waals surface area contributed by atoms with E-state index < -0.39 is 0 Å². The van der Waals surface area contributed by atoms with Crippen molar-refractivity contribution in [2.45, 2.75) is 19.4 Å². The molecule has 2 N–H and O–H groups in total. The zero-order valence-corrected chi connectivity index (χ0v) is 26.2. The van der Waals surface area contributed by atoms with E-state index in [1.807, 2.05) is 36.4 Å². The van der Waals surface area contributed by atoms with E-state index in [2.05, 4.69) is 49.0 Å². The molecule has 0 saturated carbocycles. The van der Waals surface area contributed by atoms with Crippen LogP contribution in [0.2, 0.25) is 0 Å². The molecule has 2 saturated heterocycles. The Kier molecular flexibility index (Phi) is 9.08. The van der Waals surface area contributed by atoms with E-state index in [4.69, 9.17) is 9.57 Å². The first kappa shape index (κ1) is 30.9. The van der Waals surface area contributed by atoms with Crippen LogP contribution in [0.1, 0.15) is 23.7 Å². The van der Waals surface area contributed by atoms with E-state index in [1.54, 1.807) is 31.4 Å². The van der Waals surface area contributed by atoms with Crippen molar-refractivity contribution in [3.05, 3.63) is 90.8 Å². The Morgan fingerprint density at radius 3 is 2.65 bits per heavy atom. The van der Waals surface area contributed by atoms with Gasteiger partial charge in [0.15, 0.2) is 5.82 Å². The Bertz CT molecular complexity index is 1740. The first-order valence-corrected chi connectivity index (χ1v) is 15.2. The standard InChI is InChI=1S/C34H37FN8O3/c1-5-34(44)40-27-17-28(31(45-4)18-30(27)42-12-10-41(3)11-13-42)39-32-19-33(38-21-37-32)43-29(9-14-46-43)24-8-6-7-23(15-24)25-16-26(35)22(2)36-20-25/h5-8,15-21,29H,1,9-14H2,2-4H3,(H,40,44)(H,37,38,39)/t29-/m1/s1. The van der Waals surface area contributed by atoms with Crippen LogP contribution >= 0.6 is 0 Å². The van der Waals surface area contributed by atoms with Crippen molar-refractivity contribution >= 4 is 34.6 Å². The smallest absolute Gasteiger partial charge is 0.247 e. The van der Waals surface area contributed by atoms with E-state index >= 15 is 0 Å². The normalized spacial score (nSPS) is 16.7. The van der Waals surface area contributed by atoms with Crippen LogP contribution in [0.4, 0.5) is 33.1 Å². The van der Waals surface area contributed by atoms with Gasteiger partial charge in [0.1, 0.15) is 23.7 Å². The van der Waals surface area contributed by atoms with Gasteiger partial charge in [-0.25, -0.2) is 19.4 Å². The largest absolute Gasteiger partial charge is 0.494 e. The number of likely N-dealkylation sites (N-methyl/N-ethyl adjacent to an activating group) is 1. The molecule has 0 spiro atoms. The molecule has 4 heterocycles. The molecule has 0 aliphatic carbocycles. The Hall–Kier alpha value is -5.07. The van der Waals surface area contributed by atoms with Crippen LogP contribution in [-0.2, 0) is 9.63 Å². The predicted octanol–water partition coefficient (Wildman–Crippen LogP) is 5.50. The first-order chi connectivity index (χ1) is 22.3. The average molecular weight is 625 g/mol. The van der Waals surface area contributed by atoms with Crippen molar-refractivity contribution in [3.63, 3.8) is 0 Å². The summed E-state index contributed by atoms with van der Waals surface area (Å²) in [6.45, 7) is 9.22. The van der Waals surface area contributed by atoms with Crippen LogP contribution in [0.15, 0.2) is 73.7 Å². The van der Waals surface area contributed by atoms with Crippen molar-refractivity contribution in [2.75, 3.05) is 67.5 Å². The maximum absolute atomic E-state index is 14.3. The molecule has 2 aliphatic rings. The van der Waals surface area contributed by atoms with Crippen LogP contribution < -0.4 is 25.3 Å². The third-order valence-electron chi connectivity index (χ3n) is 8.28. The molecule has 2 fully saturated rings. The number of halogens is 1. The third kappa shape index (κ3) is 6.63. The molecule has 0 unspecified atom stereocenters. The lowest BCUT2D eigenvalue weighted by molar-refractivity contribution is -0.111. The number of pyridine rings is 1.